The summed E-state index contributed by atoms with van der Waals surface area (Å²) in [4.78, 5) is 3.71. The van der Waals surface area contributed by atoms with Crippen LogP contribution in [-0.2, 0) is 5.41 Å². The highest BCUT2D eigenvalue weighted by molar-refractivity contribution is 7.98. The maximum Gasteiger partial charge on any atom is 0.0722 e. The minimum atomic E-state index is -0.509. The van der Waals surface area contributed by atoms with Gasteiger partial charge in [-0.15, -0.1) is 11.8 Å². The van der Waals surface area contributed by atoms with Gasteiger partial charge in [-0.2, -0.15) is 0 Å². The van der Waals surface area contributed by atoms with E-state index in [9.17, 15) is 0 Å². The molecule has 0 bridgehead atoms. The Morgan fingerprint density at radius 3 is 1.93 bits per heavy atom. The molecule has 1 unspecified atom stereocenters. The van der Waals surface area contributed by atoms with Crippen LogP contribution in [0.15, 0.2) is 217 Å². The van der Waals surface area contributed by atoms with Gasteiger partial charge in [0.25, 0.3) is 0 Å². The molecule has 1 atom stereocenters. The molecular weight excluding hydrogens is 731 g/mol. The van der Waals surface area contributed by atoms with Gasteiger partial charge in [-0.3, -0.25) is 0 Å². The van der Waals surface area contributed by atoms with Crippen LogP contribution in [0, 0.1) is 0 Å². The molecule has 7 aromatic carbocycles. The summed E-state index contributed by atoms with van der Waals surface area (Å²) >= 11 is 1.80. The van der Waals surface area contributed by atoms with E-state index < -0.39 is 5.41 Å². The predicted molar refractivity (Wildman–Crippen MR) is 254 cm³/mol. The van der Waals surface area contributed by atoms with E-state index in [2.05, 4.69) is 219 Å². The van der Waals surface area contributed by atoms with Crippen LogP contribution in [-0.4, -0.2) is 6.26 Å². The first-order chi connectivity index (χ1) is 29.1. The second-order valence-corrected chi connectivity index (χ2v) is 16.4. The quantitative estimate of drug-likeness (QED) is 0.106. The number of rotatable bonds is 9. The normalized spacial score (nSPS) is 16.3. The van der Waals surface area contributed by atoms with Crippen molar-refractivity contribution in [3.8, 4) is 33.4 Å². The van der Waals surface area contributed by atoms with Crippen LogP contribution in [0.1, 0.15) is 47.6 Å². The van der Waals surface area contributed by atoms with Gasteiger partial charge >= 0.3 is 0 Å². The molecular formula is C57H45NS. The standard InChI is InChI=1S/C57H45NS/c1-4-5-22-52-39(2)48-35-34-47(38-55(48)57(52)53-23-14-12-21-50(53)51-37-44(29-36-54(51)57)49-20-13-15-24-56(49)59-3)58(45-30-25-42(26-31-45)40-16-8-6-9-17-40)46-32-27-43(28-33-46)41-18-10-7-11-19-41/h4-6,8-10,12-38H,1,7,11H2,2-3H3/b22-5-. The first-order valence-corrected chi connectivity index (χ1v) is 21.8. The molecule has 59 heavy (non-hydrogen) atoms. The zero-order valence-corrected chi connectivity index (χ0v) is 34.3. The van der Waals surface area contributed by atoms with E-state index in [1.807, 2.05) is 6.08 Å². The van der Waals surface area contributed by atoms with Crippen molar-refractivity contribution in [1.29, 1.82) is 0 Å². The molecule has 0 saturated heterocycles. The lowest BCUT2D eigenvalue weighted by molar-refractivity contribution is 0.786. The van der Waals surface area contributed by atoms with Gasteiger partial charge in [0.2, 0.25) is 0 Å². The summed E-state index contributed by atoms with van der Waals surface area (Å²) in [6, 6.07) is 60.9. The van der Waals surface area contributed by atoms with Crippen molar-refractivity contribution in [3.05, 3.63) is 240 Å². The highest BCUT2D eigenvalue weighted by Gasteiger charge is 2.51. The molecule has 7 aromatic rings. The lowest BCUT2D eigenvalue weighted by Gasteiger charge is -2.33. The Morgan fingerprint density at radius 1 is 0.559 bits per heavy atom. The first-order valence-electron chi connectivity index (χ1n) is 20.6. The topological polar surface area (TPSA) is 3.24 Å². The van der Waals surface area contributed by atoms with E-state index in [1.54, 1.807) is 11.8 Å². The van der Waals surface area contributed by atoms with Crippen LogP contribution in [0.2, 0.25) is 0 Å². The molecule has 3 aliphatic rings. The van der Waals surface area contributed by atoms with Crippen LogP contribution in [0.4, 0.5) is 17.1 Å². The van der Waals surface area contributed by atoms with E-state index in [-0.39, 0.29) is 0 Å². The summed E-state index contributed by atoms with van der Waals surface area (Å²) < 4.78 is 0. The van der Waals surface area contributed by atoms with Crippen LogP contribution in [0.25, 0.3) is 44.5 Å². The smallest absolute Gasteiger partial charge is 0.0722 e. The van der Waals surface area contributed by atoms with Crippen LogP contribution in [0.5, 0.6) is 0 Å². The molecule has 0 saturated carbocycles. The molecule has 1 nitrogen and oxygen atoms in total. The molecule has 0 aromatic heterocycles. The molecule has 0 N–H and O–H groups in total. The van der Waals surface area contributed by atoms with Crippen molar-refractivity contribution in [3.63, 3.8) is 0 Å². The monoisotopic (exact) mass is 775 g/mol. The fraction of sp³-hybridized carbons (Fsp3) is 0.0877. The minimum absolute atomic E-state index is 0.509. The number of fused-ring (bicyclic) bond motifs is 7. The average Bonchev–Trinajstić information content (AvgIpc) is 3.73. The number of nitrogens with zero attached hydrogens (tertiary/aromatic N) is 1. The summed E-state index contributed by atoms with van der Waals surface area (Å²) in [6.45, 7) is 6.40. The number of anilines is 3. The molecule has 0 radical (unpaired) electrons. The number of allylic oxidation sites excluding steroid dienone is 9. The van der Waals surface area contributed by atoms with Crippen LogP contribution in [0.3, 0.4) is 0 Å². The molecule has 0 aliphatic heterocycles. The molecule has 0 amide bonds. The fourth-order valence-corrected chi connectivity index (χ4v) is 10.3. The summed E-state index contributed by atoms with van der Waals surface area (Å²) in [5.74, 6) is 0. The van der Waals surface area contributed by atoms with Crippen LogP contribution >= 0.6 is 11.8 Å². The summed E-state index contributed by atoms with van der Waals surface area (Å²) in [7, 11) is 0. The van der Waals surface area contributed by atoms with Gasteiger partial charge in [0.1, 0.15) is 0 Å². The Bertz CT molecular complexity index is 2870. The minimum Gasteiger partial charge on any atom is -0.310 e. The second-order valence-electron chi connectivity index (χ2n) is 15.6. The molecule has 0 heterocycles. The number of hydrogen-bond acceptors (Lipinski definition) is 2. The van der Waals surface area contributed by atoms with Gasteiger partial charge in [-0.25, -0.2) is 0 Å². The first kappa shape index (κ1) is 36.7. The Hall–Kier alpha value is -6.61. The molecule has 3 aliphatic carbocycles. The van der Waals surface area contributed by atoms with Crippen molar-refractivity contribution in [2.24, 2.45) is 0 Å². The number of hydrogen-bond donors (Lipinski definition) is 0. The Morgan fingerprint density at radius 2 is 1.20 bits per heavy atom. The SMILES string of the molecule is C=C/C=C\C1=C(C)c2ccc(N(c3ccc(C4=CCCC=C4)cc3)c3ccc(-c4ccccc4)cc3)cc2C12c1ccccc1-c1cc(-c3ccccc3SC)ccc12. The van der Waals surface area contributed by atoms with E-state index >= 15 is 0 Å². The lowest BCUT2D eigenvalue weighted by atomic mass is 9.69. The molecule has 284 valence electrons. The molecule has 10 rings (SSSR count). The van der Waals surface area contributed by atoms with E-state index in [4.69, 9.17) is 0 Å². The van der Waals surface area contributed by atoms with Crippen molar-refractivity contribution < 1.29 is 0 Å². The van der Waals surface area contributed by atoms with E-state index in [0.29, 0.717) is 0 Å². The summed E-state index contributed by atoms with van der Waals surface area (Å²) in [6.07, 6.45) is 17.6. The van der Waals surface area contributed by atoms with Crippen molar-refractivity contribution in [2.75, 3.05) is 11.2 Å². The summed E-state index contributed by atoms with van der Waals surface area (Å²) in [5.41, 5.74) is 20.7. The van der Waals surface area contributed by atoms with Gasteiger partial charge in [-0.1, -0.05) is 158 Å². The van der Waals surface area contributed by atoms with Gasteiger partial charge in [0, 0.05) is 22.0 Å². The highest BCUT2D eigenvalue weighted by atomic mass is 32.2. The highest BCUT2D eigenvalue weighted by Crippen LogP contribution is 2.63. The number of benzene rings is 7. The third-order valence-electron chi connectivity index (χ3n) is 12.4. The van der Waals surface area contributed by atoms with Gasteiger partial charge < -0.3 is 4.90 Å². The molecule has 2 heteroatoms. The third kappa shape index (κ3) is 6.10. The fourth-order valence-electron chi connectivity index (χ4n) is 9.72. The maximum atomic E-state index is 4.10. The van der Waals surface area contributed by atoms with Crippen molar-refractivity contribution >= 4 is 40.0 Å². The lowest BCUT2D eigenvalue weighted by Crippen LogP contribution is -2.27. The Kier molecular flexibility index (Phi) is 9.51. The van der Waals surface area contributed by atoms with E-state index in [1.165, 1.54) is 82.8 Å². The van der Waals surface area contributed by atoms with E-state index in [0.717, 1.165) is 29.9 Å². The second kappa shape index (κ2) is 15.3. The van der Waals surface area contributed by atoms with Crippen LogP contribution < -0.4 is 4.90 Å². The molecule has 0 fully saturated rings. The van der Waals surface area contributed by atoms with Gasteiger partial charge in [-0.05, 0) is 152 Å². The largest absolute Gasteiger partial charge is 0.310 e. The average molecular weight is 776 g/mol. The predicted octanol–water partition coefficient (Wildman–Crippen LogP) is 15.8. The number of thioether (sulfide) groups is 1. The molecule has 1 spiro atoms. The van der Waals surface area contributed by atoms with Gasteiger partial charge in [0.05, 0.1) is 5.41 Å². The van der Waals surface area contributed by atoms with Crippen molar-refractivity contribution in [2.45, 2.75) is 30.1 Å². The zero-order valence-electron chi connectivity index (χ0n) is 33.5. The zero-order chi connectivity index (χ0) is 39.9. The Labute approximate surface area is 353 Å². The maximum absolute atomic E-state index is 4.10. The van der Waals surface area contributed by atoms with Gasteiger partial charge in [0.15, 0.2) is 0 Å². The third-order valence-corrected chi connectivity index (χ3v) is 13.2. The van der Waals surface area contributed by atoms with Crippen molar-refractivity contribution in [1.82, 2.24) is 0 Å². The summed E-state index contributed by atoms with van der Waals surface area (Å²) in [5, 5.41) is 0. The Balaban J connectivity index is 1.18.